The van der Waals surface area contributed by atoms with Gasteiger partial charge in [0.25, 0.3) is 0 Å². The average Bonchev–Trinajstić information content (AvgIpc) is 2.51. The lowest BCUT2D eigenvalue weighted by Crippen LogP contribution is -2.24. The molecular formula is C17H23N3O. The van der Waals surface area contributed by atoms with Crippen LogP contribution in [0.2, 0.25) is 0 Å². The van der Waals surface area contributed by atoms with Gasteiger partial charge < -0.3 is 9.64 Å². The van der Waals surface area contributed by atoms with E-state index in [9.17, 15) is 0 Å². The van der Waals surface area contributed by atoms with E-state index in [1.165, 1.54) is 6.42 Å². The molecule has 0 amide bonds. The van der Waals surface area contributed by atoms with Crippen molar-refractivity contribution in [3.63, 3.8) is 0 Å². The molecule has 0 saturated carbocycles. The van der Waals surface area contributed by atoms with Gasteiger partial charge in [-0.1, -0.05) is 31.5 Å². The van der Waals surface area contributed by atoms with Gasteiger partial charge in [0, 0.05) is 19.2 Å². The van der Waals surface area contributed by atoms with Crippen LogP contribution in [0.5, 0.6) is 11.6 Å². The topological polar surface area (TPSA) is 38.2 Å². The van der Waals surface area contributed by atoms with Crippen LogP contribution >= 0.6 is 0 Å². The molecule has 0 aliphatic rings. The van der Waals surface area contributed by atoms with Gasteiger partial charge in [0.2, 0.25) is 5.88 Å². The SMILES string of the molecule is CCCCN(CC)c1cc(Oc2ccccc2C)ncn1. The fourth-order valence-electron chi connectivity index (χ4n) is 2.13. The standard InChI is InChI=1S/C17H23N3O/c1-4-6-11-20(5-2)16-12-17(19-13-18-16)21-15-10-8-7-9-14(15)3/h7-10,12-13H,4-6,11H2,1-3H3. The van der Waals surface area contributed by atoms with Crippen molar-refractivity contribution in [3.05, 3.63) is 42.2 Å². The van der Waals surface area contributed by atoms with Crippen LogP contribution < -0.4 is 9.64 Å². The van der Waals surface area contributed by atoms with Gasteiger partial charge in [-0.2, -0.15) is 0 Å². The predicted molar refractivity (Wildman–Crippen MR) is 86.1 cm³/mol. The number of benzene rings is 1. The number of para-hydroxylation sites is 1. The van der Waals surface area contributed by atoms with E-state index in [1.807, 2.05) is 37.3 Å². The van der Waals surface area contributed by atoms with Crippen LogP contribution in [0, 0.1) is 6.92 Å². The Kier molecular flexibility index (Phi) is 5.55. The number of anilines is 1. The van der Waals surface area contributed by atoms with Crippen LogP contribution in [-0.4, -0.2) is 23.1 Å². The van der Waals surface area contributed by atoms with E-state index in [-0.39, 0.29) is 0 Å². The fourth-order valence-corrected chi connectivity index (χ4v) is 2.13. The van der Waals surface area contributed by atoms with Gasteiger partial charge in [-0.25, -0.2) is 9.97 Å². The van der Waals surface area contributed by atoms with E-state index in [2.05, 4.69) is 28.7 Å². The number of hydrogen-bond acceptors (Lipinski definition) is 4. The van der Waals surface area contributed by atoms with Gasteiger partial charge >= 0.3 is 0 Å². The summed E-state index contributed by atoms with van der Waals surface area (Å²) in [6.45, 7) is 8.30. The summed E-state index contributed by atoms with van der Waals surface area (Å²) in [7, 11) is 0. The second-order valence-corrected chi connectivity index (χ2v) is 5.02. The van der Waals surface area contributed by atoms with Crippen molar-refractivity contribution in [2.75, 3.05) is 18.0 Å². The molecule has 1 heterocycles. The van der Waals surface area contributed by atoms with Gasteiger partial charge in [-0.15, -0.1) is 0 Å². The van der Waals surface area contributed by atoms with Crippen LogP contribution in [0.4, 0.5) is 5.82 Å². The Morgan fingerprint density at radius 3 is 2.67 bits per heavy atom. The van der Waals surface area contributed by atoms with Crippen LogP contribution in [0.15, 0.2) is 36.7 Å². The minimum absolute atomic E-state index is 0.587. The van der Waals surface area contributed by atoms with Crippen molar-refractivity contribution >= 4 is 5.82 Å². The highest BCUT2D eigenvalue weighted by Crippen LogP contribution is 2.25. The number of aryl methyl sites for hydroxylation is 1. The van der Waals surface area contributed by atoms with E-state index >= 15 is 0 Å². The number of unbranched alkanes of at least 4 members (excludes halogenated alkanes) is 1. The Balaban J connectivity index is 2.15. The average molecular weight is 285 g/mol. The maximum absolute atomic E-state index is 5.87. The van der Waals surface area contributed by atoms with Gasteiger partial charge in [0.15, 0.2) is 0 Å². The summed E-state index contributed by atoms with van der Waals surface area (Å²) in [5, 5.41) is 0. The largest absolute Gasteiger partial charge is 0.439 e. The Morgan fingerprint density at radius 2 is 1.95 bits per heavy atom. The summed E-state index contributed by atoms with van der Waals surface area (Å²) >= 11 is 0. The summed E-state index contributed by atoms with van der Waals surface area (Å²) in [5.74, 6) is 2.34. The van der Waals surface area contributed by atoms with E-state index in [0.717, 1.165) is 36.6 Å². The molecule has 0 bridgehead atoms. The molecule has 0 spiro atoms. The Labute approximate surface area is 126 Å². The van der Waals surface area contributed by atoms with Crippen molar-refractivity contribution in [1.29, 1.82) is 0 Å². The summed E-state index contributed by atoms with van der Waals surface area (Å²) in [6, 6.07) is 9.84. The quantitative estimate of drug-likeness (QED) is 0.764. The van der Waals surface area contributed by atoms with Crippen LogP contribution in [0.25, 0.3) is 0 Å². The normalized spacial score (nSPS) is 10.4. The molecule has 0 fully saturated rings. The smallest absolute Gasteiger partial charge is 0.224 e. The second kappa shape index (κ2) is 7.62. The lowest BCUT2D eigenvalue weighted by Gasteiger charge is -2.21. The molecule has 1 aromatic carbocycles. The van der Waals surface area contributed by atoms with Crippen LogP contribution in [0.1, 0.15) is 32.3 Å². The van der Waals surface area contributed by atoms with Crippen LogP contribution in [0.3, 0.4) is 0 Å². The van der Waals surface area contributed by atoms with Gasteiger partial charge in [-0.05, 0) is 31.9 Å². The number of nitrogens with zero attached hydrogens (tertiary/aromatic N) is 3. The third kappa shape index (κ3) is 4.18. The molecule has 0 atom stereocenters. The number of rotatable bonds is 7. The summed E-state index contributed by atoms with van der Waals surface area (Å²) in [4.78, 5) is 10.8. The molecular weight excluding hydrogens is 262 g/mol. The molecule has 4 heteroatoms. The number of aromatic nitrogens is 2. The fraction of sp³-hybridized carbons (Fsp3) is 0.412. The van der Waals surface area contributed by atoms with Crippen LogP contribution in [-0.2, 0) is 0 Å². The third-order valence-electron chi connectivity index (χ3n) is 3.42. The lowest BCUT2D eigenvalue weighted by molar-refractivity contribution is 0.458. The maximum atomic E-state index is 5.87. The first kappa shape index (κ1) is 15.3. The van der Waals surface area contributed by atoms with Crippen molar-refractivity contribution < 1.29 is 4.74 Å². The lowest BCUT2D eigenvalue weighted by atomic mass is 10.2. The Morgan fingerprint density at radius 1 is 1.14 bits per heavy atom. The molecule has 0 aliphatic heterocycles. The highest BCUT2D eigenvalue weighted by atomic mass is 16.5. The minimum atomic E-state index is 0.587. The number of hydrogen-bond donors (Lipinski definition) is 0. The van der Waals surface area contributed by atoms with E-state index in [4.69, 9.17) is 4.74 Å². The molecule has 0 aliphatic carbocycles. The van der Waals surface area contributed by atoms with Gasteiger partial charge in [0.05, 0.1) is 0 Å². The zero-order chi connectivity index (χ0) is 15.1. The molecule has 1 aromatic heterocycles. The predicted octanol–water partition coefficient (Wildman–Crippen LogP) is 4.20. The Hall–Kier alpha value is -2.10. The summed E-state index contributed by atoms with van der Waals surface area (Å²) in [6.07, 6.45) is 3.90. The monoisotopic (exact) mass is 285 g/mol. The molecule has 112 valence electrons. The maximum Gasteiger partial charge on any atom is 0.224 e. The first-order chi connectivity index (χ1) is 10.2. The molecule has 0 radical (unpaired) electrons. The molecule has 0 unspecified atom stereocenters. The molecule has 2 aromatic rings. The zero-order valence-corrected chi connectivity index (χ0v) is 13.0. The first-order valence-corrected chi connectivity index (χ1v) is 7.55. The highest BCUT2D eigenvalue weighted by molar-refractivity contribution is 5.42. The molecule has 0 saturated heterocycles. The summed E-state index contributed by atoms with van der Waals surface area (Å²) in [5.41, 5.74) is 1.09. The second-order valence-electron chi connectivity index (χ2n) is 5.02. The third-order valence-corrected chi connectivity index (χ3v) is 3.42. The van der Waals surface area contributed by atoms with Crippen molar-refractivity contribution in [1.82, 2.24) is 9.97 Å². The van der Waals surface area contributed by atoms with Crippen molar-refractivity contribution in [2.45, 2.75) is 33.6 Å². The van der Waals surface area contributed by atoms with Gasteiger partial charge in [-0.3, -0.25) is 0 Å². The molecule has 2 rings (SSSR count). The zero-order valence-electron chi connectivity index (χ0n) is 13.0. The van der Waals surface area contributed by atoms with Gasteiger partial charge in [0.1, 0.15) is 17.9 Å². The summed E-state index contributed by atoms with van der Waals surface area (Å²) < 4.78 is 5.87. The van der Waals surface area contributed by atoms with E-state index in [0.29, 0.717) is 5.88 Å². The van der Waals surface area contributed by atoms with Crippen molar-refractivity contribution in [3.8, 4) is 11.6 Å². The van der Waals surface area contributed by atoms with E-state index in [1.54, 1.807) is 6.33 Å². The Bertz CT molecular complexity index is 571. The van der Waals surface area contributed by atoms with E-state index < -0.39 is 0 Å². The molecule has 4 nitrogen and oxygen atoms in total. The van der Waals surface area contributed by atoms with Crippen molar-refractivity contribution in [2.24, 2.45) is 0 Å². The highest BCUT2D eigenvalue weighted by Gasteiger charge is 2.08. The molecule has 0 N–H and O–H groups in total. The number of ether oxygens (including phenoxy) is 1. The first-order valence-electron chi connectivity index (χ1n) is 7.55. The molecule has 21 heavy (non-hydrogen) atoms. The minimum Gasteiger partial charge on any atom is -0.439 e.